The average molecular weight is 400 g/mol. The summed E-state index contributed by atoms with van der Waals surface area (Å²) in [7, 11) is 3.49. The van der Waals surface area contributed by atoms with Gasteiger partial charge in [-0.25, -0.2) is 0 Å². The number of nitrogens with zero attached hydrogens (tertiary/aromatic N) is 2. The Bertz CT molecular complexity index is 727. The Morgan fingerprint density at radius 1 is 1.50 bits per heavy atom. The van der Waals surface area contributed by atoms with Crippen LogP contribution in [-0.2, 0) is 6.54 Å². The van der Waals surface area contributed by atoms with Gasteiger partial charge in [-0.2, -0.15) is 14.0 Å². The summed E-state index contributed by atoms with van der Waals surface area (Å²) in [5.74, 6) is 0.0140. The van der Waals surface area contributed by atoms with Gasteiger partial charge in [0.2, 0.25) is 0 Å². The molecule has 0 radical (unpaired) electrons. The van der Waals surface area contributed by atoms with Gasteiger partial charge in [-0.1, -0.05) is 0 Å². The number of aliphatic hydroxyl groups excluding tert-OH is 1. The van der Waals surface area contributed by atoms with Crippen molar-refractivity contribution in [3.63, 3.8) is 0 Å². The van der Waals surface area contributed by atoms with Crippen LogP contribution >= 0.6 is 15.9 Å². The summed E-state index contributed by atoms with van der Waals surface area (Å²) in [6.45, 7) is -2.53. The molecule has 0 saturated heterocycles. The summed E-state index contributed by atoms with van der Waals surface area (Å²) in [6, 6.07) is 5.11. The van der Waals surface area contributed by atoms with E-state index in [1.807, 2.05) is 6.07 Å². The van der Waals surface area contributed by atoms with Gasteiger partial charge in [0, 0.05) is 32.5 Å². The van der Waals surface area contributed by atoms with Crippen LogP contribution in [0, 0.1) is 11.3 Å². The van der Waals surface area contributed by atoms with Crippen molar-refractivity contribution in [1.29, 1.82) is 5.26 Å². The zero-order valence-corrected chi connectivity index (χ0v) is 14.6. The highest BCUT2D eigenvalue weighted by molar-refractivity contribution is 9.10. The normalized spacial score (nSPS) is 15.1. The van der Waals surface area contributed by atoms with Gasteiger partial charge >= 0.3 is 6.61 Å². The average Bonchev–Trinajstić information content (AvgIpc) is 2.51. The predicted octanol–water partition coefficient (Wildman–Crippen LogP) is 2.82. The maximum Gasteiger partial charge on any atom is 0.387 e. The Hall–Kier alpha value is -2.11. The van der Waals surface area contributed by atoms with Crippen molar-refractivity contribution in [2.45, 2.75) is 19.3 Å². The summed E-state index contributed by atoms with van der Waals surface area (Å²) in [5.41, 5.74) is 2.09. The molecule has 0 aliphatic carbocycles. The largest absolute Gasteiger partial charge is 0.434 e. The molecule has 5 nitrogen and oxygen atoms in total. The quantitative estimate of drug-likeness (QED) is 0.745. The van der Waals surface area contributed by atoms with Gasteiger partial charge < -0.3 is 20.1 Å². The lowest BCUT2D eigenvalue weighted by Gasteiger charge is -2.24. The highest BCUT2D eigenvalue weighted by Crippen LogP contribution is 2.33. The maximum absolute atomic E-state index is 12.5. The van der Waals surface area contributed by atoms with Crippen molar-refractivity contribution in [1.82, 2.24) is 10.2 Å². The van der Waals surface area contributed by atoms with E-state index in [4.69, 9.17) is 0 Å². The Balaban J connectivity index is 2.36. The molecule has 0 saturated carbocycles. The van der Waals surface area contributed by atoms with E-state index in [1.54, 1.807) is 31.1 Å². The van der Waals surface area contributed by atoms with E-state index in [1.165, 1.54) is 12.3 Å². The first kappa shape index (κ1) is 18.2. The molecule has 1 heterocycles. The fourth-order valence-electron chi connectivity index (χ4n) is 2.28. The van der Waals surface area contributed by atoms with Crippen molar-refractivity contribution >= 4 is 22.0 Å². The first-order chi connectivity index (χ1) is 11.3. The van der Waals surface area contributed by atoms with Crippen molar-refractivity contribution in [2.24, 2.45) is 0 Å². The van der Waals surface area contributed by atoms with Crippen LogP contribution in [0.15, 0.2) is 34.1 Å². The first-order valence-corrected chi connectivity index (χ1v) is 7.80. The van der Waals surface area contributed by atoms with Crippen LogP contribution in [0.4, 0.5) is 8.78 Å². The molecular formula is C16H16BrF2N3O2. The minimum absolute atomic E-state index is 0.0140. The Morgan fingerprint density at radius 3 is 2.79 bits per heavy atom. The van der Waals surface area contributed by atoms with Crippen LogP contribution in [0.1, 0.15) is 11.1 Å². The number of alkyl halides is 2. The molecule has 2 N–H and O–H groups in total. The molecule has 128 valence electrons. The molecule has 0 spiro atoms. The van der Waals surface area contributed by atoms with Gasteiger partial charge in [0.05, 0.1) is 16.1 Å². The monoisotopic (exact) mass is 399 g/mol. The zero-order chi connectivity index (χ0) is 17.9. The number of aliphatic hydroxyl groups is 1. The van der Waals surface area contributed by atoms with Crippen LogP contribution < -0.4 is 10.1 Å². The van der Waals surface area contributed by atoms with E-state index in [0.717, 1.165) is 5.56 Å². The topological polar surface area (TPSA) is 68.5 Å². The standard InChI is InChI=1S/C16H16BrF2N3O2/c1-22(2)8-11(6-20)15(23)13-4-9-5-14(24-16(18)19)12(17)3-10(9)7-21-13/h3-5,8,15-16,21,23H,7H2,1-2H3/b11-8+. The maximum atomic E-state index is 12.5. The Morgan fingerprint density at radius 2 is 2.21 bits per heavy atom. The van der Waals surface area contributed by atoms with Crippen molar-refractivity contribution in [3.05, 3.63) is 45.2 Å². The van der Waals surface area contributed by atoms with E-state index in [9.17, 15) is 19.1 Å². The SMILES string of the molecule is CN(C)/C=C(\C#N)C(O)C1=Cc2cc(OC(F)F)c(Br)cc2CN1. The van der Waals surface area contributed by atoms with Gasteiger partial charge in [0.15, 0.2) is 0 Å². The van der Waals surface area contributed by atoms with E-state index in [-0.39, 0.29) is 11.3 Å². The minimum Gasteiger partial charge on any atom is -0.434 e. The number of rotatable bonds is 5. The van der Waals surface area contributed by atoms with Gasteiger partial charge in [0.25, 0.3) is 0 Å². The van der Waals surface area contributed by atoms with Gasteiger partial charge in [-0.15, -0.1) is 0 Å². The summed E-state index contributed by atoms with van der Waals surface area (Å²) < 4.78 is 29.8. The Labute approximate surface area is 147 Å². The number of halogens is 3. The first-order valence-electron chi connectivity index (χ1n) is 7.00. The van der Waals surface area contributed by atoms with E-state index < -0.39 is 12.7 Å². The molecule has 0 bridgehead atoms. The summed E-state index contributed by atoms with van der Waals surface area (Å²) in [4.78, 5) is 1.66. The molecular weight excluding hydrogens is 384 g/mol. The summed E-state index contributed by atoms with van der Waals surface area (Å²) in [6.07, 6.45) is 2.01. The lowest BCUT2D eigenvalue weighted by atomic mass is 9.98. The van der Waals surface area contributed by atoms with Crippen molar-refractivity contribution in [2.75, 3.05) is 14.1 Å². The summed E-state index contributed by atoms with van der Waals surface area (Å²) >= 11 is 3.20. The highest BCUT2D eigenvalue weighted by Gasteiger charge is 2.22. The lowest BCUT2D eigenvalue weighted by Crippen LogP contribution is -2.28. The molecule has 1 aromatic rings. The Kier molecular flexibility index (Phi) is 5.80. The second kappa shape index (κ2) is 7.64. The van der Waals surface area contributed by atoms with Crippen LogP contribution in [-0.4, -0.2) is 36.8 Å². The molecule has 0 amide bonds. The molecule has 0 fully saturated rings. The number of hydrogen-bond acceptors (Lipinski definition) is 5. The van der Waals surface area contributed by atoms with Crippen LogP contribution in [0.25, 0.3) is 6.08 Å². The van der Waals surface area contributed by atoms with E-state index in [0.29, 0.717) is 22.3 Å². The number of hydrogen-bond donors (Lipinski definition) is 2. The number of ether oxygens (including phenoxy) is 1. The molecule has 2 rings (SSSR count). The predicted molar refractivity (Wildman–Crippen MR) is 89.0 cm³/mol. The smallest absolute Gasteiger partial charge is 0.387 e. The van der Waals surface area contributed by atoms with Crippen LogP contribution in [0.5, 0.6) is 5.75 Å². The third-order valence-corrected chi connectivity index (χ3v) is 3.94. The van der Waals surface area contributed by atoms with E-state index in [2.05, 4.69) is 26.0 Å². The second-order valence-corrected chi connectivity index (χ2v) is 6.23. The molecule has 24 heavy (non-hydrogen) atoms. The minimum atomic E-state index is -2.93. The third-order valence-electron chi connectivity index (χ3n) is 3.32. The molecule has 1 atom stereocenters. The fourth-order valence-corrected chi connectivity index (χ4v) is 2.77. The zero-order valence-electron chi connectivity index (χ0n) is 13.1. The number of nitriles is 1. The van der Waals surface area contributed by atoms with Crippen LogP contribution in [0.3, 0.4) is 0 Å². The lowest BCUT2D eigenvalue weighted by molar-refractivity contribution is -0.0503. The van der Waals surface area contributed by atoms with Gasteiger partial charge in [-0.05, 0) is 45.3 Å². The molecule has 0 aromatic heterocycles. The number of benzene rings is 1. The third kappa shape index (κ3) is 4.24. The molecule has 1 unspecified atom stereocenters. The van der Waals surface area contributed by atoms with Crippen molar-refractivity contribution < 1.29 is 18.6 Å². The van der Waals surface area contributed by atoms with Crippen molar-refractivity contribution in [3.8, 4) is 11.8 Å². The molecule has 8 heteroatoms. The second-order valence-electron chi connectivity index (χ2n) is 5.38. The fraction of sp³-hybridized carbons (Fsp3) is 0.312. The van der Waals surface area contributed by atoms with Crippen LogP contribution in [0.2, 0.25) is 0 Å². The number of nitrogens with one attached hydrogen (secondary N) is 1. The summed E-state index contributed by atoms with van der Waals surface area (Å²) in [5, 5.41) is 22.6. The van der Waals surface area contributed by atoms with E-state index >= 15 is 0 Å². The highest BCUT2D eigenvalue weighted by atomic mass is 79.9. The van der Waals surface area contributed by atoms with Gasteiger partial charge in [0.1, 0.15) is 11.9 Å². The number of fused-ring (bicyclic) bond motifs is 1. The molecule has 1 aromatic carbocycles. The molecule has 1 aliphatic rings. The molecule has 1 aliphatic heterocycles. The van der Waals surface area contributed by atoms with Gasteiger partial charge in [-0.3, -0.25) is 0 Å².